The SMILES string of the molecule is COC(=O)c1ccc(C(c2c(O)ccc3ccc(OC)cc23)N2CCOCC2)cc1. The molecule has 1 aliphatic rings. The average Bonchev–Trinajstić information content (AvgIpc) is 2.81. The highest BCUT2D eigenvalue weighted by atomic mass is 16.5. The predicted molar refractivity (Wildman–Crippen MR) is 114 cm³/mol. The minimum atomic E-state index is -0.373. The van der Waals surface area contributed by atoms with Crippen LogP contribution in [0.4, 0.5) is 0 Å². The fourth-order valence-electron chi connectivity index (χ4n) is 4.04. The third kappa shape index (κ3) is 3.84. The zero-order valence-electron chi connectivity index (χ0n) is 17.1. The molecule has 1 heterocycles. The molecule has 3 aromatic carbocycles. The van der Waals surface area contributed by atoms with Crippen LogP contribution >= 0.6 is 0 Å². The first-order chi connectivity index (χ1) is 14.6. The second kappa shape index (κ2) is 8.73. The third-order valence-electron chi connectivity index (χ3n) is 5.58. The van der Waals surface area contributed by atoms with Gasteiger partial charge in [0.2, 0.25) is 0 Å². The van der Waals surface area contributed by atoms with Gasteiger partial charge in [-0.15, -0.1) is 0 Å². The van der Waals surface area contributed by atoms with E-state index in [1.807, 2.05) is 36.4 Å². The molecule has 0 aromatic heterocycles. The number of methoxy groups -OCH3 is 2. The average molecular weight is 407 g/mol. The number of hydrogen-bond acceptors (Lipinski definition) is 6. The molecule has 1 aliphatic heterocycles. The van der Waals surface area contributed by atoms with E-state index in [1.54, 1.807) is 25.3 Å². The monoisotopic (exact) mass is 407 g/mol. The summed E-state index contributed by atoms with van der Waals surface area (Å²) in [4.78, 5) is 14.2. The molecule has 1 fully saturated rings. The van der Waals surface area contributed by atoms with Crippen molar-refractivity contribution in [2.45, 2.75) is 6.04 Å². The highest BCUT2D eigenvalue weighted by Crippen LogP contribution is 2.40. The maximum absolute atomic E-state index is 11.9. The number of carbonyl (C=O) groups is 1. The van der Waals surface area contributed by atoms with Crippen molar-refractivity contribution in [1.29, 1.82) is 0 Å². The van der Waals surface area contributed by atoms with E-state index in [1.165, 1.54) is 7.11 Å². The second-order valence-electron chi connectivity index (χ2n) is 7.25. The van der Waals surface area contributed by atoms with Gasteiger partial charge in [0.1, 0.15) is 11.5 Å². The Bertz CT molecular complexity index is 1040. The molecule has 0 spiro atoms. The number of phenols is 1. The van der Waals surface area contributed by atoms with Gasteiger partial charge >= 0.3 is 5.97 Å². The van der Waals surface area contributed by atoms with Gasteiger partial charge in [0.15, 0.2) is 0 Å². The summed E-state index contributed by atoms with van der Waals surface area (Å²) in [5, 5.41) is 12.9. The molecule has 1 saturated heterocycles. The summed E-state index contributed by atoms with van der Waals surface area (Å²) in [6.07, 6.45) is 0. The molecule has 0 amide bonds. The first-order valence-corrected chi connectivity index (χ1v) is 9.92. The van der Waals surface area contributed by atoms with Gasteiger partial charge in [0.05, 0.1) is 39.0 Å². The molecular weight excluding hydrogens is 382 g/mol. The Morgan fingerprint density at radius 2 is 1.73 bits per heavy atom. The molecule has 1 atom stereocenters. The van der Waals surface area contributed by atoms with Crippen molar-refractivity contribution < 1.29 is 24.1 Å². The minimum Gasteiger partial charge on any atom is -0.508 e. The lowest BCUT2D eigenvalue weighted by molar-refractivity contribution is 0.0238. The van der Waals surface area contributed by atoms with Crippen LogP contribution in [0.25, 0.3) is 10.8 Å². The van der Waals surface area contributed by atoms with Crippen LogP contribution in [0.1, 0.15) is 27.5 Å². The molecule has 0 aliphatic carbocycles. The van der Waals surface area contributed by atoms with Crippen molar-refractivity contribution >= 4 is 16.7 Å². The number of phenolic OH excluding ortho intramolecular Hbond substituents is 1. The Morgan fingerprint density at radius 1 is 1.03 bits per heavy atom. The molecule has 6 nitrogen and oxygen atoms in total. The molecule has 4 rings (SSSR count). The lowest BCUT2D eigenvalue weighted by Gasteiger charge is -2.36. The maximum Gasteiger partial charge on any atom is 0.337 e. The van der Waals surface area contributed by atoms with Crippen LogP contribution in [0.15, 0.2) is 54.6 Å². The Kier molecular flexibility index (Phi) is 5.88. The van der Waals surface area contributed by atoms with Crippen LogP contribution < -0.4 is 4.74 Å². The van der Waals surface area contributed by atoms with Gasteiger partial charge in [-0.05, 0) is 46.7 Å². The molecular formula is C24H25NO5. The van der Waals surface area contributed by atoms with Crippen LogP contribution in [-0.2, 0) is 9.47 Å². The summed E-state index contributed by atoms with van der Waals surface area (Å²) < 4.78 is 15.8. The topological polar surface area (TPSA) is 68.2 Å². The van der Waals surface area contributed by atoms with E-state index in [0.29, 0.717) is 18.8 Å². The molecule has 1 unspecified atom stereocenters. The number of rotatable bonds is 5. The lowest BCUT2D eigenvalue weighted by Crippen LogP contribution is -2.39. The zero-order chi connectivity index (χ0) is 21.1. The van der Waals surface area contributed by atoms with Crippen LogP contribution in [0, 0.1) is 0 Å². The van der Waals surface area contributed by atoms with Crippen molar-refractivity contribution in [2.75, 3.05) is 40.5 Å². The number of hydrogen-bond donors (Lipinski definition) is 1. The number of morpholine rings is 1. The first kappa shape index (κ1) is 20.2. The van der Waals surface area contributed by atoms with Gasteiger partial charge in [0, 0.05) is 18.7 Å². The maximum atomic E-state index is 11.9. The molecule has 0 bridgehead atoms. The van der Waals surface area contributed by atoms with E-state index in [-0.39, 0.29) is 17.8 Å². The fourth-order valence-corrected chi connectivity index (χ4v) is 4.04. The lowest BCUT2D eigenvalue weighted by atomic mass is 9.90. The van der Waals surface area contributed by atoms with E-state index in [4.69, 9.17) is 14.2 Å². The van der Waals surface area contributed by atoms with Crippen molar-refractivity contribution in [3.63, 3.8) is 0 Å². The Balaban J connectivity index is 1.88. The van der Waals surface area contributed by atoms with E-state index in [9.17, 15) is 9.90 Å². The first-order valence-electron chi connectivity index (χ1n) is 9.92. The molecule has 156 valence electrons. The Morgan fingerprint density at radius 3 is 2.40 bits per heavy atom. The van der Waals surface area contributed by atoms with Gasteiger partial charge in [-0.3, -0.25) is 4.90 Å². The van der Waals surface area contributed by atoms with Crippen LogP contribution in [-0.4, -0.2) is 56.5 Å². The van der Waals surface area contributed by atoms with E-state index in [2.05, 4.69) is 4.90 Å². The Labute approximate surface area is 175 Å². The largest absolute Gasteiger partial charge is 0.508 e. The van der Waals surface area contributed by atoms with Crippen molar-refractivity contribution in [1.82, 2.24) is 4.90 Å². The number of esters is 1. The highest BCUT2D eigenvalue weighted by molar-refractivity contribution is 5.90. The van der Waals surface area contributed by atoms with E-state index >= 15 is 0 Å². The fraction of sp³-hybridized carbons (Fsp3) is 0.292. The predicted octanol–water partition coefficient (Wildman–Crippen LogP) is 3.76. The molecule has 30 heavy (non-hydrogen) atoms. The summed E-state index contributed by atoms with van der Waals surface area (Å²) in [5.41, 5.74) is 2.29. The second-order valence-corrected chi connectivity index (χ2v) is 7.25. The summed E-state index contributed by atoms with van der Waals surface area (Å²) in [7, 11) is 3.00. The standard InChI is InChI=1S/C24H25NO5/c1-28-19-9-7-16-8-10-21(26)22(20(16)15-19)23(25-11-13-30-14-12-25)17-3-5-18(6-4-17)24(27)29-2/h3-10,15,23,26H,11-14H2,1-2H3. The van der Waals surface area contributed by atoms with E-state index < -0.39 is 0 Å². The normalized spacial score (nSPS) is 15.7. The number of fused-ring (bicyclic) bond motifs is 1. The quantitative estimate of drug-likeness (QED) is 0.650. The number of ether oxygens (including phenoxy) is 3. The van der Waals surface area contributed by atoms with Crippen LogP contribution in [0.3, 0.4) is 0 Å². The summed E-state index contributed by atoms with van der Waals surface area (Å²) in [5.74, 6) is 0.586. The smallest absolute Gasteiger partial charge is 0.337 e. The Hall–Kier alpha value is -3.09. The van der Waals surface area contributed by atoms with Gasteiger partial charge in [0.25, 0.3) is 0 Å². The van der Waals surface area contributed by atoms with Crippen LogP contribution in [0.2, 0.25) is 0 Å². The van der Waals surface area contributed by atoms with Crippen LogP contribution in [0.5, 0.6) is 11.5 Å². The van der Waals surface area contributed by atoms with Gasteiger partial charge in [-0.2, -0.15) is 0 Å². The van der Waals surface area contributed by atoms with Crippen molar-refractivity contribution in [3.8, 4) is 11.5 Å². The number of carbonyl (C=O) groups excluding carboxylic acids is 1. The third-order valence-corrected chi connectivity index (χ3v) is 5.58. The minimum absolute atomic E-state index is 0.198. The highest BCUT2D eigenvalue weighted by Gasteiger charge is 2.28. The number of aromatic hydroxyl groups is 1. The summed E-state index contributed by atoms with van der Waals surface area (Å²) >= 11 is 0. The molecule has 1 N–H and O–H groups in total. The van der Waals surface area contributed by atoms with Gasteiger partial charge in [-0.1, -0.05) is 24.3 Å². The van der Waals surface area contributed by atoms with Crippen molar-refractivity contribution in [2.24, 2.45) is 0 Å². The molecule has 0 radical (unpaired) electrons. The molecule has 6 heteroatoms. The molecule has 3 aromatic rings. The zero-order valence-corrected chi connectivity index (χ0v) is 17.1. The van der Waals surface area contributed by atoms with Gasteiger partial charge < -0.3 is 19.3 Å². The van der Waals surface area contributed by atoms with Crippen molar-refractivity contribution in [3.05, 3.63) is 71.3 Å². The number of nitrogens with zero attached hydrogens (tertiary/aromatic N) is 1. The molecule has 0 saturated carbocycles. The van der Waals surface area contributed by atoms with Gasteiger partial charge in [-0.25, -0.2) is 4.79 Å². The summed E-state index contributed by atoms with van der Waals surface area (Å²) in [6.45, 7) is 2.74. The van der Waals surface area contributed by atoms with E-state index in [0.717, 1.165) is 40.7 Å². The number of benzene rings is 3. The summed E-state index contributed by atoms with van der Waals surface area (Å²) in [6, 6.07) is 16.7.